The third-order valence-corrected chi connectivity index (χ3v) is 3.11. The zero-order chi connectivity index (χ0) is 15.6. The SMILES string of the molecule is C/C(=N\Nc1nnc(C)c(=O)[nH]1)c1cc(Cl)cc(Cl)c1O. The molecule has 1 aromatic heterocycles. The van der Waals surface area contributed by atoms with Crippen LogP contribution in [0.15, 0.2) is 22.0 Å². The Kier molecular flexibility index (Phi) is 4.44. The summed E-state index contributed by atoms with van der Waals surface area (Å²) >= 11 is 11.7. The summed E-state index contributed by atoms with van der Waals surface area (Å²) < 4.78 is 0. The zero-order valence-corrected chi connectivity index (χ0v) is 12.6. The van der Waals surface area contributed by atoms with Crippen LogP contribution in [0.2, 0.25) is 10.0 Å². The highest BCUT2D eigenvalue weighted by Crippen LogP contribution is 2.31. The molecule has 0 fully saturated rings. The molecule has 2 aromatic rings. The van der Waals surface area contributed by atoms with E-state index in [4.69, 9.17) is 23.2 Å². The van der Waals surface area contributed by atoms with Crippen LogP contribution in [-0.2, 0) is 0 Å². The van der Waals surface area contributed by atoms with Crippen LogP contribution in [0.4, 0.5) is 5.95 Å². The number of anilines is 1. The molecule has 110 valence electrons. The Hall–Kier alpha value is -2.12. The second-order valence-corrected chi connectivity index (χ2v) is 5.02. The standard InChI is InChI=1S/C12H11Cl2N5O2/c1-5(8-3-7(13)4-9(14)10(8)20)16-18-12-15-11(21)6(2)17-19-12/h3-4,20H,1-2H3,(H2,15,18,19,21)/b16-5+. The van der Waals surface area contributed by atoms with Gasteiger partial charge in [0, 0.05) is 10.6 Å². The first-order valence-corrected chi connectivity index (χ1v) is 6.56. The Morgan fingerprint density at radius 2 is 2.10 bits per heavy atom. The monoisotopic (exact) mass is 327 g/mol. The van der Waals surface area contributed by atoms with Crippen LogP contribution in [0.3, 0.4) is 0 Å². The molecule has 1 aromatic carbocycles. The van der Waals surface area contributed by atoms with Crippen LogP contribution >= 0.6 is 23.2 Å². The van der Waals surface area contributed by atoms with Gasteiger partial charge in [0.15, 0.2) is 0 Å². The average Bonchev–Trinajstić information content (AvgIpc) is 2.43. The molecule has 21 heavy (non-hydrogen) atoms. The normalized spacial score (nSPS) is 11.5. The number of hydrogen-bond donors (Lipinski definition) is 3. The summed E-state index contributed by atoms with van der Waals surface area (Å²) in [4.78, 5) is 13.8. The number of hydrazone groups is 1. The van der Waals surface area contributed by atoms with Crippen LogP contribution < -0.4 is 11.0 Å². The minimum atomic E-state index is -0.367. The van der Waals surface area contributed by atoms with Crippen molar-refractivity contribution in [1.82, 2.24) is 15.2 Å². The lowest BCUT2D eigenvalue weighted by Crippen LogP contribution is -2.16. The highest BCUT2D eigenvalue weighted by Gasteiger charge is 2.10. The molecule has 0 radical (unpaired) electrons. The van der Waals surface area contributed by atoms with Crippen LogP contribution in [0, 0.1) is 6.92 Å². The van der Waals surface area contributed by atoms with Crippen LogP contribution in [0.25, 0.3) is 0 Å². The van der Waals surface area contributed by atoms with Gasteiger partial charge in [0.1, 0.15) is 11.4 Å². The van der Waals surface area contributed by atoms with E-state index in [1.807, 2.05) is 0 Å². The first-order valence-electron chi connectivity index (χ1n) is 5.80. The summed E-state index contributed by atoms with van der Waals surface area (Å²) in [5.41, 5.74) is 3.19. The highest BCUT2D eigenvalue weighted by molar-refractivity contribution is 6.36. The number of H-pyrrole nitrogens is 1. The molecule has 7 nitrogen and oxygen atoms in total. The summed E-state index contributed by atoms with van der Waals surface area (Å²) in [7, 11) is 0. The van der Waals surface area contributed by atoms with Gasteiger partial charge in [0.05, 0.1) is 10.7 Å². The van der Waals surface area contributed by atoms with Gasteiger partial charge in [-0.15, -0.1) is 10.2 Å². The number of halogens is 2. The maximum Gasteiger partial charge on any atom is 0.274 e. The van der Waals surface area contributed by atoms with Gasteiger partial charge >= 0.3 is 0 Å². The molecule has 0 unspecified atom stereocenters. The fourth-order valence-corrected chi connectivity index (χ4v) is 1.98. The molecule has 0 aliphatic rings. The largest absolute Gasteiger partial charge is 0.506 e. The molecular weight excluding hydrogens is 317 g/mol. The van der Waals surface area contributed by atoms with Crippen LogP contribution in [0.1, 0.15) is 18.2 Å². The van der Waals surface area contributed by atoms with Crippen molar-refractivity contribution in [2.45, 2.75) is 13.8 Å². The van der Waals surface area contributed by atoms with Gasteiger partial charge in [-0.3, -0.25) is 9.78 Å². The number of aryl methyl sites for hydroxylation is 1. The number of aromatic nitrogens is 3. The van der Waals surface area contributed by atoms with Crippen LogP contribution in [-0.4, -0.2) is 26.0 Å². The number of phenolic OH excluding ortho intramolecular Hbond substituents is 1. The average molecular weight is 328 g/mol. The van der Waals surface area contributed by atoms with E-state index < -0.39 is 0 Å². The summed E-state index contributed by atoms with van der Waals surface area (Å²) in [5, 5.41) is 21.7. The van der Waals surface area contributed by atoms with Gasteiger partial charge in [-0.1, -0.05) is 23.2 Å². The maximum atomic E-state index is 11.4. The lowest BCUT2D eigenvalue weighted by atomic mass is 10.1. The lowest BCUT2D eigenvalue weighted by Gasteiger charge is -2.07. The predicted molar refractivity (Wildman–Crippen MR) is 81.4 cm³/mol. The van der Waals surface area contributed by atoms with Crippen LogP contribution in [0.5, 0.6) is 5.75 Å². The van der Waals surface area contributed by atoms with E-state index in [9.17, 15) is 9.90 Å². The number of nitrogens with one attached hydrogen (secondary N) is 2. The van der Waals surface area contributed by atoms with Crippen molar-refractivity contribution < 1.29 is 5.11 Å². The van der Waals surface area contributed by atoms with E-state index in [-0.39, 0.29) is 28.0 Å². The quantitative estimate of drug-likeness (QED) is 0.593. The minimum Gasteiger partial charge on any atom is -0.506 e. The number of benzene rings is 1. The molecule has 0 spiro atoms. The summed E-state index contributed by atoms with van der Waals surface area (Å²) in [6.45, 7) is 3.17. The Labute approximate surface area is 129 Å². The fraction of sp³-hybridized carbons (Fsp3) is 0.167. The van der Waals surface area contributed by atoms with Gasteiger partial charge < -0.3 is 5.11 Å². The van der Waals surface area contributed by atoms with Crippen molar-refractivity contribution >= 4 is 34.9 Å². The third-order valence-electron chi connectivity index (χ3n) is 2.61. The number of nitrogens with zero attached hydrogens (tertiary/aromatic N) is 3. The van der Waals surface area contributed by atoms with Crippen molar-refractivity contribution in [3.05, 3.63) is 43.8 Å². The molecule has 0 aliphatic carbocycles. The second-order valence-electron chi connectivity index (χ2n) is 4.18. The molecule has 2 rings (SSSR count). The first-order chi connectivity index (χ1) is 9.88. The molecule has 1 heterocycles. The Balaban J connectivity index is 2.29. The highest BCUT2D eigenvalue weighted by atomic mass is 35.5. The van der Waals surface area contributed by atoms with Crippen molar-refractivity contribution in [2.75, 3.05) is 5.43 Å². The van der Waals surface area contributed by atoms with Gasteiger partial charge in [-0.25, -0.2) is 5.43 Å². The van der Waals surface area contributed by atoms with E-state index in [1.54, 1.807) is 6.92 Å². The molecule has 0 saturated heterocycles. The zero-order valence-electron chi connectivity index (χ0n) is 11.1. The summed E-state index contributed by atoms with van der Waals surface area (Å²) in [6, 6.07) is 2.94. The number of phenols is 1. The summed E-state index contributed by atoms with van der Waals surface area (Å²) in [5.74, 6) is -0.0508. The van der Waals surface area contributed by atoms with E-state index >= 15 is 0 Å². The first kappa shape index (κ1) is 15.3. The minimum absolute atomic E-state index is 0.0811. The molecular formula is C12H11Cl2N5O2. The summed E-state index contributed by atoms with van der Waals surface area (Å²) in [6.07, 6.45) is 0. The van der Waals surface area contributed by atoms with Crippen molar-refractivity contribution in [3.63, 3.8) is 0 Å². The molecule has 9 heteroatoms. The van der Waals surface area contributed by atoms with E-state index in [0.29, 0.717) is 16.3 Å². The Bertz CT molecular complexity index is 773. The van der Waals surface area contributed by atoms with Crippen molar-refractivity contribution in [3.8, 4) is 5.75 Å². The number of hydrogen-bond acceptors (Lipinski definition) is 6. The molecule has 0 aliphatic heterocycles. The van der Waals surface area contributed by atoms with Crippen molar-refractivity contribution in [1.29, 1.82) is 0 Å². The van der Waals surface area contributed by atoms with E-state index in [0.717, 1.165) is 0 Å². The third kappa shape index (κ3) is 3.50. The lowest BCUT2D eigenvalue weighted by molar-refractivity contribution is 0.474. The predicted octanol–water partition coefficient (Wildman–Crippen LogP) is 2.32. The van der Waals surface area contributed by atoms with Gasteiger partial charge in [0.2, 0.25) is 5.95 Å². The van der Waals surface area contributed by atoms with Gasteiger partial charge in [0.25, 0.3) is 5.56 Å². The van der Waals surface area contributed by atoms with Gasteiger partial charge in [-0.05, 0) is 26.0 Å². The molecule has 0 atom stereocenters. The molecule has 3 N–H and O–H groups in total. The smallest absolute Gasteiger partial charge is 0.274 e. The maximum absolute atomic E-state index is 11.4. The number of rotatable bonds is 3. The topological polar surface area (TPSA) is 103 Å². The Morgan fingerprint density at radius 3 is 2.76 bits per heavy atom. The Morgan fingerprint density at radius 1 is 1.38 bits per heavy atom. The van der Waals surface area contributed by atoms with Gasteiger partial charge in [-0.2, -0.15) is 5.10 Å². The van der Waals surface area contributed by atoms with E-state index in [2.05, 4.69) is 25.7 Å². The molecule has 0 saturated carbocycles. The van der Waals surface area contributed by atoms with E-state index in [1.165, 1.54) is 19.1 Å². The fourth-order valence-electron chi connectivity index (χ4n) is 1.48. The second kappa shape index (κ2) is 6.11. The molecule has 0 amide bonds. The number of aromatic hydroxyl groups is 1. The van der Waals surface area contributed by atoms with Crippen molar-refractivity contribution in [2.24, 2.45) is 5.10 Å². The molecule has 0 bridgehead atoms. The number of aromatic amines is 1.